The molecule has 1 heterocycles. The first-order valence-corrected chi connectivity index (χ1v) is 6.77. The molecule has 0 radical (unpaired) electrons. The van der Waals surface area contributed by atoms with Gasteiger partial charge < -0.3 is 10.4 Å². The van der Waals surface area contributed by atoms with Crippen molar-refractivity contribution in [2.45, 2.75) is 12.5 Å². The van der Waals surface area contributed by atoms with Crippen LogP contribution in [0.4, 0.5) is 10.1 Å². The smallest absolute Gasteiger partial charge is 0.272 e. The lowest BCUT2D eigenvalue weighted by atomic mass is 9.99. The molecule has 114 valence electrons. The van der Waals surface area contributed by atoms with Gasteiger partial charge in [-0.15, -0.1) is 6.58 Å². The molecule has 1 saturated heterocycles. The maximum Gasteiger partial charge on any atom is 0.272 e. The molecule has 1 aromatic rings. The quantitative estimate of drug-likeness (QED) is 0.493. The van der Waals surface area contributed by atoms with E-state index in [2.05, 4.69) is 16.8 Å². The van der Waals surface area contributed by atoms with Crippen LogP contribution >= 0.6 is 0 Å². The molecular formula is C14H18FN3O3. The molecule has 0 bridgehead atoms. The molecular weight excluding hydrogens is 277 g/mol. The largest absolute Gasteiger partial charge is 0.505 e. The van der Waals surface area contributed by atoms with E-state index in [-0.39, 0.29) is 17.3 Å². The topological polar surface area (TPSA) is 78.6 Å². The number of hydrogen-bond donors (Lipinski definition) is 2. The Balaban J connectivity index is 2.42. The van der Waals surface area contributed by atoms with Crippen LogP contribution in [-0.2, 0) is 0 Å². The Morgan fingerprint density at radius 1 is 1.52 bits per heavy atom. The van der Waals surface area contributed by atoms with Crippen LogP contribution < -0.4 is 5.32 Å². The van der Waals surface area contributed by atoms with Gasteiger partial charge in [-0.25, -0.2) is 4.39 Å². The third-order valence-electron chi connectivity index (χ3n) is 3.63. The number of nitrogens with zero attached hydrogens (tertiary/aromatic N) is 2. The van der Waals surface area contributed by atoms with Crippen molar-refractivity contribution in [2.24, 2.45) is 0 Å². The summed E-state index contributed by atoms with van der Waals surface area (Å²) < 4.78 is 13.8. The van der Waals surface area contributed by atoms with Crippen molar-refractivity contribution in [2.75, 3.05) is 26.2 Å². The van der Waals surface area contributed by atoms with Gasteiger partial charge in [-0.3, -0.25) is 15.0 Å². The Morgan fingerprint density at radius 3 is 2.76 bits per heavy atom. The minimum Gasteiger partial charge on any atom is -0.505 e. The van der Waals surface area contributed by atoms with Crippen LogP contribution in [0.3, 0.4) is 0 Å². The molecule has 1 fully saturated rings. The van der Waals surface area contributed by atoms with Crippen LogP contribution in [0, 0.1) is 15.9 Å². The summed E-state index contributed by atoms with van der Waals surface area (Å²) >= 11 is 0. The zero-order chi connectivity index (χ0) is 15.4. The molecule has 0 saturated carbocycles. The first kappa shape index (κ1) is 15.4. The molecule has 0 spiro atoms. The van der Waals surface area contributed by atoms with Gasteiger partial charge in [0.2, 0.25) is 0 Å². The molecule has 0 aliphatic carbocycles. The Morgan fingerprint density at radius 2 is 2.19 bits per heavy atom. The Kier molecular flexibility index (Phi) is 4.87. The molecule has 1 aromatic carbocycles. The second-order valence-electron chi connectivity index (χ2n) is 4.95. The minimum atomic E-state index is -0.969. The lowest BCUT2D eigenvalue weighted by molar-refractivity contribution is -0.385. The molecule has 0 amide bonds. The van der Waals surface area contributed by atoms with E-state index < -0.39 is 16.5 Å². The first-order chi connectivity index (χ1) is 10.0. The van der Waals surface area contributed by atoms with Gasteiger partial charge >= 0.3 is 0 Å². The average molecular weight is 295 g/mol. The number of nitrogens with one attached hydrogen (secondary N) is 1. The van der Waals surface area contributed by atoms with Crippen molar-refractivity contribution in [3.05, 3.63) is 46.3 Å². The highest BCUT2D eigenvalue weighted by atomic mass is 19.1. The summed E-state index contributed by atoms with van der Waals surface area (Å²) in [5.41, 5.74) is -0.118. The molecule has 1 atom stereocenters. The van der Waals surface area contributed by atoms with Crippen molar-refractivity contribution in [1.29, 1.82) is 0 Å². The van der Waals surface area contributed by atoms with Crippen LogP contribution in [0.25, 0.3) is 0 Å². The Bertz CT molecular complexity index is 545. The van der Waals surface area contributed by atoms with E-state index in [1.165, 1.54) is 6.07 Å². The van der Waals surface area contributed by atoms with Crippen LogP contribution in [0.1, 0.15) is 18.0 Å². The lowest BCUT2D eigenvalue weighted by Crippen LogP contribution is -2.45. The summed E-state index contributed by atoms with van der Waals surface area (Å²) in [4.78, 5) is 12.3. The van der Waals surface area contributed by atoms with Gasteiger partial charge in [0.1, 0.15) is 0 Å². The summed E-state index contributed by atoms with van der Waals surface area (Å²) in [6, 6.07) is 1.66. The number of nitro benzene ring substituents is 1. The Labute approximate surface area is 122 Å². The summed E-state index contributed by atoms with van der Waals surface area (Å²) in [6.07, 6.45) is 2.15. The number of piperazine rings is 1. The van der Waals surface area contributed by atoms with Gasteiger partial charge in [0.05, 0.1) is 11.0 Å². The van der Waals surface area contributed by atoms with Crippen molar-refractivity contribution in [1.82, 2.24) is 10.2 Å². The van der Waals surface area contributed by atoms with E-state index in [9.17, 15) is 19.6 Å². The highest BCUT2D eigenvalue weighted by Crippen LogP contribution is 2.36. The zero-order valence-electron chi connectivity index (χ0n) is 11.6. The molecule has 6 nitrogen and oxygen atoms in total. The van der Waals surface area contributed by atoms with Crippen LogP contribution in [-0.4, -0.2) is 41.1 Å². The number of phenols is 1. The maximum absolute atomic E-state index is 13.8. The fraction of sp³-hybridized carbons (Fsp3) is 0.429. The lowest BCUT2D eigenvalue weighted by Gasteiger charge is -2.35. The predicted molar refractivity (Wildman–Crippen MR) is 76.7 cm³/mol. The van der Waals surface area contributed by atoms with E-state index >= 15 is 0 Å². The number of benzene rings is 1. The summed E-state index contributed by atoms with van der Waals surface area (Å²) in [6.45, 7) is 6.69. The van der Waals surface area contributed by atoms with E-state index in [0.717, 1.165) is 32.2 Å². The van der Waals surface area contributed by atoms with Crippen molar-refractivity contribution in [3.8, 4) is 5.75 Å². The number of aromatic hydroxyl groups is 1. The van der Waals surface area contributed by atoms with Crippen molar-refractivity contribution >= 4 is 5.69 Å². The van der Waals surface area contributed by atoms with Gasteiger partial charge in [0.25, 0.3) is 5.69 Å². The summed E-state index contributed by atoms with van der Waals surface area (Å²) in [5, 5.41) is 24.1. The third-order valence-corrected chi connectivity index (χ3v) is 3.63. The molecule has 0 unspecified atom stereocenters. The SMILES string of the molecule is C=CC[C@H](c1cc([N+](=O)[O-])cc(F)c1O)N1CCNCC1. The number of non-ortho nitro benzene ring substituents is 1. The molecule has 1 aliphatic heterocycles. The number of hydrogen-bond acceptors (Lipinski definition) is 5. The van der Waals surface area contributed by atoms with Gasteiger partial charge in [0, 0.05) is 43.9 Å². The molecule has 0 aromatic heterocycles. The first-order valence-electron chi connectivity index (χ1n) is 6.77. The van der Waals surface area contributed by atoms with Crippen molar-refractivity contribution < 1.29 is 14.4 Å². The van der Waals surface area contributed by atoms with E-state index in [0.29, 0.717) is 6.42 Å². The number of phenolic OH excluding ortho intramolecular Hbond substituents is 1. The highest BCUT2D eigenvalue weighted by Gasteiger charge is 2.27. The molecule has 2 rings (SSSR count). The van der Waals surface area contributed by atoms with E-state index in [1.807, 2.05) is 0 Å². The van der Waals surface area contributed by atoms with Crippen molar-refractivity contribution in [3.63, 3.8) is 0 Å². The molecule has 1 aliphatic rings. The number of halogens is 1. The van der Waals surface area contributed by atoms with Crippen LogP contribution in [0.5, 0.6) is 5.75 Å². The van der Waals surface area contributed by atoms with Crippen LogP contribution in [0.2, 0.25) is 0 Å². The Hall–Kier alpha value is -1.99. The second-order valence-corrected chi connectivity index (χ2v) is 4.95. The van der Waals surface area contributed by atoms with E-state index in [1.54, 1.807) is 6.08 Å². The fourth-order valence-electron chi connectivity index (χ4n) is 2.59. The summed E-state index contributed by atoms with van der Waals surface area (Å²) in [7, 11) is 0. The fourth-order valence-corrected chi connectivity index (χ4v) is 2.59. The van der Waals surface area contributed by atoms with E-state index in [4.69, 9.17) is 0 Å². The standard InChI is InChI=1S/C14H18FN3O3/c1-2-3-13(17-6-4-16-5-7-17)11-8-10(18(20)21)9-12(15)14(11)19/h2,8-9,13,16,19H,1,3-7H2/t13-/m1/s1. The monoisotopic (exact) mass is 295 g/mol. The van der Waals surface area contributed by atoms with Gasteiger partial charge in [0.15, 0.2) is 11.6 Å². The second kappa shape index (κ2) is 6.64. The molecule has 2 N–H and O–H groups in total. The predicted octanol–water partition coefficient (Wildman–Crippen LogP) is 1.96. The minimum absolute atomic E-state index is 0.239. The third kappa shape index (κ3) is 3.37. The maximum atomic E-state index is 13.8. The zero-order valence-corrected chi connectivity index (χ0v) is 11.6. The van der Waals surface area contributed by atoms with Gasteiger partial charge in [-0.1, -0.05) is 6.08 Å². The number of rotatable bonds is 5. The normalized spacial score (nSPS) is 17.4. The van der Waals surface area contributed by atoms with Crippen LogP contribution in [0.15, 0.2) is 24.8 Å². The molecule has 7 heteroatoms. The highest BCUT2D eigenvalue weighted by molar-refractivity contribution is 5.46. The average Bonchev–Trinajstić information content (AvgIpc) is 2.48. The molecule has 21 heavy (non-hydrogen) atoms. The van der Waals surface area contributed by atoms with Gasteiger partial charge in [-0.05, 0) is 6.42 Å². The van der Waals surface area contributed by atoms with Gasteiger partial charge in [-0.2, -0.15) is 0 Å². The summed E-state index contributed by atoms with van der Waals surface area (Å²) in [5.74, 6) is -1.49. The number of nitro groups is 1.